The standard InChI is InChI=1S/C18H17N3OS/c1-12(19)15-5-4-13(11-16(15)17-3-2-10-23-17)18(22)21-14-6-8-20-9-7-14/h2-12H,19H2,1H3,(H,20,21,22)/t12-/m1/s1. The molecule has 2 aromatic heterocycles. The Morgan fingerprint density at radius 2 is 2.00 bits per heavy atom. The number of thiophene rings is 1. The van der Waals surface area contributed by atoms with Crippen molar-refractivity contribution in [2.45, 2.75) is 13.0 Å². The molecule has 0 saturated heterocycles. The maximum absolute atomic E-state index is 12.5. The molecule has 116 valence electrons. The van der Waals surface area contributed by atoms with Crippen LogP contribution in [0.1, 0.15) is 28.9 Å². The highest BCUT2D eigenvalue weighted by atomic mass is 32.1. The molecule has 3 N–H and O–H groups in total. The third-order valence-electron chi connectivity index (χ3n) is 3.53. The fourth-order valence-electron chi connectivity index (χ4n) is 2.38. The van der Waals surface area contributed by atoms with Gasteiger partial charge in [0.15, 0.2) is 0 Å². The molecule has 0 saturated carbocycles. The van der Waals surface area contributed by atoms with Crippen LogP contribution in [0, 0.1) is 0 Å². The Morgan fingerprint density at radius 1 is 1.22 bits per heavy atom. The topological polar surface area (TPSA) is 68.0 Å². The number of benzene rings is 1. The van der Waals surface area contributed by atoms with Gasteiger partial charge in [-0.25, -0.2) is 0 Å². The largest absolute Gasteiger partial charge is 0.324 e. The number of carbonyl (C=O) groups is 1. The van der Waals surface area contributed by atoms with Gasteiger partial charge in [-0.2, -0.15) is 0 Å². The fourth-order valence-corrected chi connectivity index (χ4v) is 3.14. The van der Waals surface area contributed by atoms with Crippen LogP contribution < -0.4 is 11.1 Å². The third-order valence-corrected chi connectivity index (χ3v) is 4.43. The number of rotatable bonds is 4. The Morgan fingerprint density at radius 3 is 2.65 bits per heavy atom. The van der Waals surface area contributed by atoms with E-state index >= 15 is 0 Å². The third kappa shape index (κ3) is 3.47. The van der Waals surface area contributed by atoms with E-state index in [1.54, 1.807) is 35.9 Å². The van der Waals surface area contributed by atoms with Crippen LogP contribution in [0.25, 0.3) is 10.4 Å². The molecule has 0 spiro atoms. The van der Waals surface area contributed by atoms with Crippen LogP contribution in [-0.4, -0.2) is 10.9 Å². The predicted octanol–water partition coefficient (Wildman–Crippen LogP) is 4.08. The summed E-state index contributed by atoms with van der Waals surface area (Å²) < 4.78 is 0. The average molecular weight is 323 g/mol. The van der Waals surface area contributed by atoms with E-state index in [-0.39, 0.29) is 11.9 Å². The molecule has 0 fully saturated rings. The first-order valence-electron chi connectivity index (χ1n) is 7.30. The lowest BCUT2D eigenvalue weighted by Gasteiger charge is -2.14. The average Bonchev–Trinajstić information content (AvgIpc) is 3.09. The second-order valence-electron chi connectivity index (χ2n) is 5.26. The lowest BCUT2D eigenvalue weighted by molar-refractivity contribution is 0.102. The van der Waals surface area contributed by atoms with Crippen molar-refractivity contribution < 1.29 is 4.79 Å². The van der Waals surface area contributed by atoms with E-state index in [0.717, 1.165) is 21.7 Å². The summed E-state index contributed by atoms with van der Waals surface area (Å²) in [6, 6.07) is 13.1. The first kappa shape index (κ1) is 15.4. The monoisotopic (exact) mass is 323 g/mol. The van der Waals surface area contributed by atoms with Crippen LogP contribution in [0.3, 0.4) is 0 Å². The molecule has 1 atom stereocenters. The Balaban J connectivity index is 1.94. The summed E-state index contributed by atoms with van der Waals surface area (Å²) in [5, 5.41) is 4.89. The molecule has 23 heavy (non-hydrogen) atoms. The number of hydrogen-bond donors (Lipinski definition) is 2. The van der Waals surface area contributed by atoms with Gasteiger partial charge in [-0.3, -0.25) is 9.78 Å². The van der Waals surface area contributed by atoms with Gasteiger partial charge in [-0.05, 0) is 53.8 Å². The number of anilines is 1. The number of hydrogen-bond acceptors (Lipinski definition) is 4. The van der Waals surface area contributed by atoms with Crippen LogP contribution in [0.4, 0.5) is 5.69 Å². The lowest BCUT2D eigenvalue weighted by atomic mass is 9.98. The Kier molecular flexibility index (Phi) is 4.50. The molecule has 0 aliphatic rings. The number of pyridine rings is 1. The van der Waals surface area contributed by atoms with E-state index in [9.17, 15) is 4.79 Å². The molecule has 1 amide bonds. The Bertz CT molecular complexity index is 798. The number of nitrogens with zero attached hydrogens (tertiary/aromatic N) is 1. The van der Waals surface area contributed by atoms with Crippen molar-refractivity contribution in [2.24, 2.45) is 5.73 Å². The highest BCUT2D eigenvalue weighted by Crippen LogP contribution is 2.32. The molecule has 5 heteroatoms. The number of aromatic nitrogens is 1. The van der Waals surface area contributed by atoms with Crippen molar-refractivity contribution >= 4 is 22.9 Å². The van der Waals surface area contributed by atoms with Crippen LogP contribution in [0.15, 0.2) is 60.2 Å². The molecule has 0 aliphatic heterocycles. The van der Waals surface area contributed by atoms with Gasteiger partial charge >= 0.3 is 0 Å². The maximum atomic E-state index is 12.5. The van der Waals surface area contributed by atoms with Crippen LogP contribution in [0.5, 0.6) is 0 Å². The van der Waals surface area contributed by atoms with Gasteiger partial charge in [-0.1, -0.05) is 12.1 Å². The van der Waals surface area contributed by atoms with Gasteiger partial charge in [0.2, 0.25) is 0 Å². The van der Waals surface area contributed by atoms with E-state index < -0.39 is 0 Å². The highest BCUT2D eigenvalue weighted by molar-refractivity contribution is 7.13. The normalized spacial score (nSPS) is 11.9. The molecule has 3 rings (SSSR count). The first-order valence-corrected chi connectivity index (χ1v) is 8.18. The van der Waals surface area contributed by atoms with Crippen LogP contribution in [0.2, 0.25) is 0 Å². The predicted molar refractivity (Wildman–Crippen MR) is 94.5 cm³/mol. The number of nitrogens with one attached hydrogen (secondary N) is 1. The summed E-state index contributed by atoms with van der Waals surface area (Å²) in [5.74, 6) is -0.148. The molecule has 3 aromatic rings. The maximum Gasteiger partial charge on any atom is 0.255 e. The van der Waals surface area contributed by atoms with Crippen molar-refractivity contribution in [3.8, 4) is 10.4 Å². The van der Waals surface area contributed by atoms with Gasteiger partial charge < -0.3 is 11.1 Å². The highest BCUT2D eigenvalue weighted by Gasteiger charge is 2.14. The second kappa shape index (κ2) is 6.73. The van der Waals surface area contributed by atoms with Gasteiger partial charge in [-0.15, -0.1) is 11.3 Å². The molecular formula is C18H17N3OS. The molecule has 0 bridgehead atoms. The van der Waals surface area contributed by atoms with Crippen molar-refractivity contribution in [1.82, 2.24) is 4.98 Å². The smallest absolute Gasteiger partial charge is 0.255 e. The van der Waals surface area contributed by atoms with Gasteiger partial charge in [0.25, 0.3) is 5.91 Å². The quantitative estimate of drug-likeness (QED) is 0.760. The number of nitrogens with two attached hydrogens (primary N) is 1. The van der Waals surface area contributed by atoms with Gasteiger partial charge in [0, 0.05) is 34.6 Å². The van der Waals surface area contributed by atoms with Crippen molar-refractivity contribution in [1.29, 1.82) is 0 Å². The van der Waals surface area contributed by atoms with E-state index in [1.165, 1.54) is 0 Å². The molecule has 2 heterocycles. The van der Waals surface area contributed by atoms with Crippen LogP contribution in [-0.2, 0) is 0 Å². The van der Waals surface area contributed by atoms with E-state index in [0.29, 0.717) is 5.56 Å². The summed E-state index contributed by atoms with van der Waals surface area (Å²) in [7, 11) is 0. The van der Waals surface area contributed by atoms with Crippen molar-refractivity contribution in [2.75, 3.05) is 5.32 Å². The fraction of sp³-hybridized carbons (Fsp3) is 0.111. The molecule has 1 aromatic carbocycles. The molecule has 0 aliphatic carbocycles. The van der Waals surface area contributed by atoms with Crippen molar-refractivity contribution in [3.63, 3.8) is 0 Å². The molecular weight excluding hydrogens is 306 g/mol. The Hall–Kier alpha value is -2.50. The minimum atomic E-state index is -0.148. The van der Waals surface area contributed by atoms with E-state index in [1.807, 2.05) is 42.6 Å². The zero-order valence-corrected chi connectivity index (χ0v) is 13.5. The molecule has 0 radical (unpaired) electrons. The molecule has 0 unspecified atom stereocenters. The minimum absolute atomic E-state index is 0.0931. The molecule has 4 nitrogen and oxygen atoms in total. The SMILES string of the molecule is C[C@@H](N)c1ccc(C(=O)Nc2ccncc2)cc1-c1cccs1. The van der Waals surface area contributed by atoms with E-state index in [2.05, 4.69) is 10.3 Å². The summed E-state index contributed by atoms with van der Waals surface area (Å²) in [5.41, 5.74) is 9.44. The van der Waals surface area contributed by atoms with E-state index in [4.69, 9.17) is 5.73 Å². The lowest BCUT2D eigenvalue weighted by Crippen LogP contribution is -2.13. The number of carbonyl (C=O) groups excluding carboxylic acids is 1. The summed E-state index contributed by atoms with van der Waals surface area (Å²) >= 11 is 1.64. The minimum Gasteiger partial charge on any atom is -0.324 e. The van der Waals surface area contributed by atoms with Crippen molar-refractivity contribution in [3.05, 3.63) is 71.4 Å². The Labute approximate surface area is 139 Å². The van der Waals surface area contributed by atoms with Crippen LogP contribution >= 0.6 is 11.3 Å². The first-order chi connectivity index (χ1) is 11.1. The number of amides is 1. The second-order valence-corrected chi connectivity index (χ2v) is 6.21. The zero-order chi connectivity index (χ0) is 16.2. The van der Waals surface area contributed by atoms with Gasteiger partial charge in [0.05, 0.1) is 0 Å². The summed E-state index contributed by atoms with van der Waals surface area (Å²) in [6.07, 6.45) is 3.29. The summed E-state index contributed by atoms with van der Waals surface area (Å²) in [4.78, 5) is 17.5. The zero-order valence-electron chi connectivity index (χ0n) is 12.7. The summed E-state index contributed by atoms with van der Waals surface area (Å²) in [6.45, 7) is 1.95. The van der Waals surface area contributed by atoms with Gasteiger partial charge in [0.1, 0.15) is 0 Å².